The zero-order valence-electron chi connectivity index (χ0n) is 11.1. The van der Waals surface area contributed by atoms with Gasteiger partial charge in [0, 0.05) is 30.4 Å². The first-order chi connectivity index (χ1) is 9.61. The van der Waals surface area contributed by atoms with Crippen molar-refractivity contribution in [1.29, 1.82) is 0 Å². The molecule has 2 aromatic rings. The van der Waals surface area contributed by atoms with E-state index in [1.807, 2.05) is 6.07 Å². The Hall–Kier alpha value is 0.380. The molecule has 1 heterocycles. The molecule has 0 radical (unpaired) electrons. The average Bonchev–Trinajstić information content (AvgIpc) is 2.83. The maximum atomic E-state index is 6.17. The summed E-state index contributed by atoms with van der Waals surface area (Å²) in [7, 11) is 0. The number of halogens is 3. The second-order valence-electron chi connectivity index (χ2n) is 4.57. The van der Waals surface area contributed by atoms with Gasteiger partial charge in [0.05, 0.1) is 0 Å². The number of rotatable bonds is 6. The Morgan fingerprint density at radius 1 is 1.40 bits per heavy atom. The number of hydrogen-bond donors (Lipinski definition) is 1. The summed E-state index contributed by atoms with van der Waals surface area (Å²) in [6, 6.07) is 8.53. The third-order valence-electron chi connectivity index (χ3n) is 3.05. The molecule has 1 aromatic heterocycles. The Morgan fingerprint density at radius 2 is 2.20 bits per heavy atom. The normalized spacial score (nSPS) is 12.6. The molecular weight excluding hydrogens is 469 g/mol. The minimum absolute atomic E-state index is 0.301. The van der Waals surface area contributed by atoms with Gasteiger partial charge >= 0.3 is 0 Å². The van der Waals surface area contributed by atoms with Gasteiger partial charge in [-0.05, 0) is 86.7 Å². The molecule has 1 aromatic carbocycles. The van der Waals surface area contributed by atoms with Crippen molar-refractivity contribution in [3.8, 4) is 0 Å². The van der Waals surface area contributed by atoms with Gasteiger partial charge < -0.3 is 5.32 Å². The lowest BCUT2D eigenvalue weighted by Crippen LogP contribution is -2.24. The van der Waals surface area contributed by atoms with Crippen LogP contribution in [0.3, 0.4) is 0 Å². The molecular formula is C15H16BrClINS. The van der Waals surface area contributed by atoms with E-state index in [1.165, 1.54) is 18.5 Å². The number of hydrogen-bond acceptors (Lipinski definition) is 2. The molecule has 1 unspecified atom stereocenters. The third-order valence-corrected chi connectivity index (χ3v) is 6.22. The fourth-order valence-corrected chi connectivity index (χ4v) is 4.50. The van der Waals surface area contributed by atoms with Crippen LogP contribution in [0, 0.1) is 3.57 Å². The van der Waals surface area contributed by atoms with E-state index in [9.17, 15) is 0 Å². The van der Waals surface area contributed by atoms with E-state index in [-0.39, 0.29) is 0 Å². The largest absolute Gasteiger partial charge is 0.310 e. The van der Waals surface area contributed by atoms with E-state index in [0.29, 0.717) is 6.04 Å². The van der Waals surface area contributed by atoms with Crippen molar-refractivity contribution in [1.82, 2.24) is 5.32 Å². The van der Waals surface area contributed by atoms with Crippen LogP contribution in [0.5, 0.6) is 0 Å². The maximum absolute atomic E-state index is 6.17. The van der Waals surface area contributed by atoms with Crippen LogP contribution in [-0.2, 0) is 6.42 Å². The Kier molecular flexibility index (Phi) is 6.81. The van der Waals surface area contributed by atoms with Crippen LogP contribution < -0.4 is 5.32 Å². The smallest absolute Gasteiger partial charge is 0.0410 e. The molecule has 0 fully saturated rings. The summed E-state index contributed by atoms with van der Waals surface area (Å²) >= 11 is 14.0. The van der Waals surface area contributed by atoms with E-state index < -0.39 is 0 Å². The summed E-state index contributed by atoms with van der Waals surface area (Å²) in [5.74, 6) is 0. The van der Waals surface area contributed by atoms with Gasteiger partial charge in [-0.3, -0.25) is 0 Å². The van der Waals surface area contributed by atoms with Crippen LogP contribution in [0.25, 0.3) is 0 Å². The predicted molar refractivity (Wildman–Crippen MR) is 101 cm³/mol. The van der Waals surface area contributed by atoms with Gasteiger partial charge in [0.25, 0.3) is 0 Å². The lowest BCUT2D eigenvalue weighted by molar-refractivity contribution is 0.530. The average molecular weight is 485 g/mol. The van der Waals surface area contributed by atoms with Crippen molar-refractivity contribution in [3.05, 3.63) is 53.2 Å². The first-order valence-corrected chi connectivity index (χ1v) is 9.65. The van der Waals surface area contributed by atoms with Gasteiger partial charge in [-0.25, -0.2) is 0 Å². The summed E-state index contributed by atoms with van der Waals surface area (Å²) in [6.07, 6.45) is 2.11. The van der Waals surface area contributed by atoms with Crippen LogP contribution in [0.4, 0.5) is 0 Å². The quantitative estimate of drug-likeness (QED) is 0.492. The predicted octanol–water partition coefficient (Wildman–Crippen LogP) is 6.05. The third kappa shape index (κ3) is 4.44. The molecule has 5 heteroatoms. The Balaban J connectivity index is 2.27. The molecule has 1 N–H and O–H groups in total. The highest BCUT2D eigenvalue weighted by Gasteiger charge is 2.17. The first kappa shape index (κ1) is 16.7. The van der Waals surface area contributed by atoms with Gasteiger partial charge in [0.2, 0.25) is 0 Å². The van der Waals surface area contributed by atoms with Gasteiger partial charge in [-0.1, -0.05) is 18.5 Å². The molecule has 1 atom stereocenters. The molecule has 20 heavy (non-hydrogen) atoms. The molecule has 0 aliphatic heterocycles. The monoisotopic (exact) mass is 483 g/mol. The molecule has 0 amide bonds. The minimum Gasteiger partial charge on any atom is -0.310 e. The minimum atomic E-state index is 0.301. The Labute approximate surface area is 151 Å². The highest BCUT2D eigenvalue weighted by molar-refractivity contribution is 14.1. The topological polar surface area (TPSA) is 12.0 Å². The van der Waals surface area contributed by atoms with Crippen LogP contribution in [0.2, 0.25) is 5.02 Å². The van der Waals surface area contributed by atoms with E-state index in [4.69, 9.17) is 11.6 Å². The number of nitrogens with one attached hydrogen (secondary N) is 1. The molecule has 1 nitrogen and oxygen atoms in total. The van der Waals surface area contributed by atoms with Crippen molar-refractivity contribution in [2.75, 3.05) is 6.54 Å². The fourth-order valence-electron chi connectivity index (χ4n) is 2.05. The van der Waals surface area contributed by atoms with Crippen LogP contribution in [0.15, 0.2) is 34.1 Å². The van der Waals surface area contributed by atoms with E-state index in [0.717, 1.165) is 24.4 Å². The Bertz CT molecular complexity index is 573. The summed E-state index contributed by atoms with van der Waals surface area (Å²) in [6.45, 7) is 3.20. The van der Waals surface area contributed by atoms with Crippen LogP contribution in [-0.4, -0.2) is 6.54 Å². The van der Waals surface area contributed by atoms with Gasteiger partial charge in [-0.15, -0.1) is 11.3 Å². The first-order valence-electron chi connectivity index (χ1n) is 6.52. The summed E-state index contributed by atoms with van der Waals surface area (Å²) in [5.41, 5.74) is 1.28. The molecule has 0 aliphatic rings. The van der Waals surface area contributed by atoms with E-state index in [1.54, 1.807) is 11.3 Å². The standard InChI is InChI=1S/C15H16BrClINS/c1-2-6-19-14(9-15-12(16)5-7-20-15)11-8-10(17)3-4-13(11)18/h3-5,7-8,14,19H,2,6,9H2,1H3. The number of thiophene rings is 1. The van der Waals surface area contributed by atoms with Gasteiger partial charge in [-0.2, -0.15) is 0 Å². The lowest BCUT2D eigenvalue weighted by atomic mass is 10.0. The van der Waals surface area contributed by atoms with E-state index >= 15 is 0 Å². The summed E-state index contributed by atoms with van der Waals surface area (Å²) in [5, 5.41) is 6.57. The van der Waals surface area contributed by atoms with Crippen molar-refractivity contribution in [2.24, 2.45) is 0 Å². The highest BCUT2D eigenvalue weighted by atomic mass is 127. The summed E-state index contributed by atoms with van der Waals surface area (Å²) in [4.78, 5) is 1.37. The molecule has 108 valence electrons. The van der Waals surface area contributed by atoms with E-state index in [2.05, 4.69) is 74.3 Å². The zero-order valence-corrected chi connectivity index (χ0v) is 16.4. The van der Waals surface area contributed by atoms with Crippen LogP contribution in [0.1, 0.15) is 29.8 Å². The van der Waals surface area contributed by atoms with Gasteiger partial charge in [0.1, 0.15) is 0 Å². The van der Waals surface area contributed by atoms with Crippen molar-refractivity contribution in [3.63, 3.8) is 0 Å². The van der Waals surface area contributed by atoms with Gasteiger partial charge in [0.15, 0.2) is 0 Å². The second kappa shape index (κ2) is 8.13. The second-order valence-corrected chi connectivity index (χ2v) is 8.02. The molecule has 0 bridgehead atoms. The van der Waals surface area contributed by atoms with Crippen LogP contribution >= 0.6 is 61.5 Å². The van der Waals surface area contributed by atoms with Crippen molar-refractivity contribution >= 4 is 61.5 Å². The Morgan fingerprint density at radius 3 is 2.85 bits per heavy atom. The summed E-state index contributed by atoms with van der Waals surface area (Å²) < 4.78 is 2.45. The zero-order chi connectivity index (χ0) is 14.5. The number of benzene rings is 1. The molecule has 0 saturated carbocycles. The molecule has 2 rings (SSSR count). The van der Waals surface area contributed by atoms with Crippen molar-refractivity contribution < 1.29 is 0 Å². The fraction of sp³-hybridized carbons (Fsp3) is 0.333. The lowest BCUT2D eigenvalue weighted by Gasteiger charge is -2.20. The maximum Gasteiger partial charge on any atom is 0.0410 e. The highest BCUT2D eigenvalue weighted by Crippen LogP contribution is 2.31. The molecule has 0 aliphatic carbocycles. The molecule has 0 saturated heterocycles. The van der Waals surface area contributed by atoms with Crippen molar-refractivity contribution in [2.45, 2.75) is 25.8 Å². The SMILES string of the molecule is CCCNC(Cc1sccc1Br)c1cc(Cl)ccc1I. The molecule has 0 spiro atoms.